The Morgan fingerprint density at radius 3 is 2.63 bits per heavy atom. The average molecular weight is 267 g/mol. The second-order valence-electron chi connectivity index (χ2n) is 6.19. The minimum atomic E-state index is 0.466. The van der Waals surface area contributed by atoms with Gasteiger partial charge in [-0.3, -0.25) is 5.43 Å². The van der Waals surface area contributed by atoms with Gasteiger partial charge in [0, 0.05) is 20.1 Å². The van der Waals surface area contributed by atoms with Crippen molar-refractivity contribution in [3.05, 3.63) is 0 Å². The summed E-state index contributed by atoms with van der Waals surface area (Å²) in [7, 11) is 4.29. The van der Waals surface area contributed by atoms with E-state index in [4.69, 9.17) is 10.8 Å². The fraction of sp³-hybridized carbons (Fsp3) is 0.929. The number of nitrogens with zero attached hydrogens (tertiary/aromatic N) is 3. The normalized spacial score (nSPS) is 26.7. The number of rotatable bonds is 3. The summed E-state index contributed by atoms with van der Waals surface area (Å²) < 4.78 is 0. The minimum Gasteiger partial charge on any atom is -0.345 e. The topological polar surface area (TPSA) is 56.9 Å². The Kier molecular flexibility index (Phi) is 5.45. The summed E-state index contributed by atoms with van der Waals surface area (Å²) in [4.78, 5) is 9.40. The Morgan fingerprint density at radius 2 is 2.05 bits per heavy atom. The van der Waals surface area contributed by atoms with Gasteiger partial charge in [-0.15, -0.1) is 0 Å². The third-order valence-electron chi connectivity index (χ3n) is 4.39. The summed E-state index contributed by atoms with van der Waals surface area (Å²) in [5.41, 5.74) is 2.80. The largest absolute Gasteiger partial charge is 0.345 e. The summed E-state index contributed by atoms with van der Waals surface area (Å²) >= 11 is 0. The van der Waals surface area contributed by atoms with Crippen LogP contribution in [0.5, 0.6) is 0 Å². The van der Waals surface area contributed by atoms with Gasteiger partial charge in [0.25, 0.3) is 0 Å². The fourth-order valence-corrected chi connectivity index (χ4v) is 3.28. The van der Waals surface area contributed by atoms with E-state index in [-0.39, 0.29) is 0 Å². The van der Waals surface area contributed by atoms with Gasteiger partial charge in [0.2, 0.25) is 5.96 Å². The molecule has 1 atom stereocenters. The predicted molar refractivity (Wildman–Crippen MR) is 79.9 cm³/mol. The maximum Gasteiger partial charge on any atom is 0.208 e. The first-order valence-corrected chi connectivity index (χ1v) is 7.63. The fourth-order valence-electron chi connectivity index (χ4n) is 3.28. The highest BCUT2D eigenvalue weighted by atomic mass is 15.4. The van der Waals surface area contributed by atoms with E-state index in [2.05, 4.69) is 29.3 Å². The molecular weight excluding hydrogens is 238 g/mol. The molecule has 1 heterocycles. The zero-order valence-corrected chi connectivity index (χ0v) is 12.4. The molecule has 2 rings (SSSR count). The minimum absolute atomic E-state index is 0.466. The molecule has 0 radical (unpaired) electrons. The van der Waals surface area contributed by atoms with Gasteiger partial charge in [0.05, 0.1) is 6.04 Å². The zero-order valence-electron chi connectivity index (χ0n) is 12.4. The van der Waals surface area contributed by atoms with Crippen molar-refractivity contribution in [2.24, 2.45) is 16.8 Å². The van der Waals surface area contributed by atoms with Crippen LogP contribution in [0.15, 0.2) is 4.99 Å². The molecule has 0 amide bonds. The maximum absolute atomic E-state index is 5.66. The predicted octanol–water partition coefficient (Wildman–Crippen LogP) is 1.02. The molecule has 1 saturated heterocycles. The zero-order chi connectivity index (χ0) is 13.7. The van der Waals surface area contributed by atoms with E-state index in [0.717, 1.165) is 18.4 Å². The Hall–Kier alpha value is -0.810. The van der Waals surface area contributed by atoms with Crippen molar-refractivity contribution in [3.8, 4) is 0 Å². The van der Waals surface area contributed by atoms with Gasteiger partial charge < -0.3 is 9.80 Å². The third kappa shape index (κ3) is 4.35. The number of aliphatic imine (C=N–C) groups is 1. The summed E-state index contributed by atoms with van der Waals surface area (Å²) in [6.45, 7) is 3.44. The number of hydrazine groups is 1. The smallest absolute Gasteiger partial charge is 0.208 e. The van der Waals surface area contributed by atoms with E-state index < -0.39 is 0 Å². The van der Waals surface area contributed by atoms with Crippen LogP contribution in [-0.2, 0) is 0 Å². The van der Waals surface area contributed by atoms with E-state index in [1.807, 2.05) is 0 Å². The van der Waals surface area contributed by atoms with Crippen molar-refractivity contribution in [1.29, 1.82) is 0 Å². The molecule has 110 valence electrons. The van der Waals surface area contributed by atoms with Gasteiger partial charge in [0.1, 0.15) is 0 Å². The van der Waals surface area contributed by atoms with E-state index >= 15 is 0 Å². The third-order valence-corrected chi connectivity index (χ3v) is 4.39. The van der Waals surface area contributed by atoms with Crippen LogP contribution >= 0.6 is 0 Å². The summed E-state index contributed by atoms with van der Waals surface area (Å²) in [5.74, 6) is 7.26. The monoisotopic (exact) mass is 267 g/mol. The lowest BCUT2D eigenvalue weighted by Crippen LogP contribution is -2.45. The van der Waals surface area contributed by atoms with Gasteiger partial charge in [-0.05, 0) is 38.8 Å². The molecule has 1 unspecified atom stereocenters. The SMILES string of the molecule is CN1CCC(CN(C)C(=NC2CCCCC2)NN)C1. The lowest BCUT2D eigenvalue weighted by molar-refractivity contribution is 0.347. The molecule has 5 heteroatoms. The van der Waals surface area contributed by atoms with Crippen LogP contribution in [0.1, 0.15) is 38.5 Å². The molecule has 0 aromatic rings. The molecule has 0 spiro atoms. The highest BCUT2D eigenvalue weighted by molar-refractivity contribution is 5.79. The number of nitrogens with one attached hydrogen (secondary N) is 1. The van der Waals surface area contributed by atoms with Crippen molar-refractivity contribution in [1.82, 2.24) is 15.2 Å². The summed E-state index contributed by atoms with van der Waals surface area (Å²) in [6, 6.07) is 0.466. The lowest BCUT2D eigenvalue weighted by Gasteiger charge is -2.26. The summed E-state index contributed by atoms with van der Waals surface area (Å²) in [6.07, 6.45) is 7.69. The molecule has 1 aliphatic carbocycles. The van der Waals surface area contributed by atoms with Crippen LogP contribution in [0, 0.1) is 5.92 Å². The summed E-state index contributed by atoms with van der Waals surface area (Å²) in [5, 5.41) is 0. The first kappa shape index (κ1) is 14.6. The van der Waals surface area contributed by atoms with Gasteiger partial charge >= 0.3 is 0 Å². The van der Waals surface area contributed by atoms with Crippen molar-refractivity contribution >= 4 is 5.96 Å². The van der Waals surface area contributed by atoms with Crippen molar-refractivity contribution in [2.75, 3.05) is 33.7 Å². The number of likely N-dealkylation sites (tertiary alicyclic amines) is 1. The van der Waals surface area contributed by atoms with Crippen molar-refractivity contribution in [3.63, 3.8) is 0 Å². The number of nitrogens with two attached hydrogens (primary N) is 1. The Balaban J connectivity index is 1.86. The molecular formula is C14H29N5. The molecule has 2 aliphatic rings. The number of hydrogen-bond acceptors (Lipinski definition) is 3. The van der Waals surface area contributed by atoms with Crippen LogP contribution in [0.2, 0.25) is 0 Å². The number of hydrogen-bond donors (Lipinski definition) is 2. The van der Waals surface area contributed by atoms with Crippen LogP contribution in [0.25, 0.3) is 0 Å². The van der Waals surface area contributed by atoms with Crippen LogP contribution in [0.4, 0.5) is 0 Å². The molecule has 1 aliphatic heterocycles. The first-order chi connectivity index (χ1) is 9.19. The van der Waals surface area contributed by atoms with Gasteiger partial charge in [0.15, 0.2) is 0 Å². The quantitative estimate of drug-likeness (QED) is 0.347. The van der Waals surface area contributed by atoms with E-state index in [9.17, 15) is 0 Å². The standard InChI is InChI=1S/C14H29N5/c1-18-9-8-12(10-18)11-19(2)14(17-15)16-13-6-4-3-5-7-13/h12-13H,3-11,15H2,1-2H3,(H,16,17). The molecule has 0 aromatic carbocycles. The second kappa shape index (κ2) is 7.10. The van der Waals surface area contributed by atoms with Gasteiger partial charge in [-0.25, -0.2) is 10.8 Å². The lowest BCUT2D eigenvalue weighted by atomic mass is 9.96. The highest BCUT2D eigenvalue weighted by Gasteiger charge is 2.22. The van der Waals surface area contributed by atoms with Crippen molar-refractivity contribution in [2.45, 2.75) is 44.6 Å². The van der Waals surface area contributed by atoms with Crippen LogP contribution < -0.4 is 11.3 Å². The molecule has 0 aromatic heterocycles. The molecule has 1 saturated carbocycles. The van der Waals surface area contributed by atoms with E-state index in [1.165, 1.54) is 51.6 Å². The van der Waals surface area contributed by atoms with Crippen LogP contribution in [0.3, 0.4) is 0 Å². The average Bonchev–Trinajstić information content (AvgIpc) is 2.82. The molecule has 3 N–H and O–H groups in total. The molecule has 0 bridgehead atoms. The highest BCUT2D eigenvalue weighted by Crippen LogP contribution is 2.21. The van der Waals surface area contributed by atoms with E-state index in [1.54, 1.807) is 0 Å². The van der Waals surface area contributed by atoms with Crippen LogP contribution in [-0.4, -0.2) is 55.5 Å². The van der Waals surface area contributed by atoms with Crippen molar-refractivity contribution < 1.29 is 0 Å². The Morgan fingerprint density at radius 1 is 1.32 bits per heavy atom. The maximum atomic E-state index is 5.66. The number of guanidine groups is 1. The molecule has 2 fully saturated rings. The second-order valence-corrected chi connectivity index (χ2v) is 6.19. The van der Waals surface area contributed by atoms with E-state index in [0.29, 0.717) is 6.04 Å². The Bertz CT molecular complexity index is 298. The van der Waals surface area contributed by atoms with Gasteiger partial charge in [-0.2, -0.15) is 0 Å². The van der Waals surface area contributed by atoms with Gasteiger partial charge in [-0.1, -0.05) is 19.3 Å². The Labute approximate surface area is 117 Å². The molecule has 5 nitrogen and oxygen atoms in total. The molecule has 19 heavy (non-hydrogen) atoms. The first-order valence-electron chi connectivity index (χ1n) is 7.63.